The van der Waals surface area contributed by atoms with Gasteiger partial charge in [-0.15, -0.1) is 0 Å². The summed E-state index contributed by atoms with van der Waals surface area (Å²) in [4.78, 5) is 21.0. The molecule has 0 amide bonds. The van der Waals surface area contributed by atoms with Gasteiger partial charge in [-0.2, -0.15) is 4.98 Å². The lowest BCUT2D eigenvalue weighted by Gasteiger charge is -2.55. The highest BCUT2D eigenvalue weighted by Crippen LogP contribution is 2.46. The molecule has 4 heterocycles. The minimum absolute atomic E-state index is 0.0415. The van der Waals surface area contributed by atoms with Crippen molar-refractivity contribution in [2.75, 3.05) is 23.1 Å². The highest BCUT2D eigenvalue weighted by atomic mass is 35.5. The maximum Gasteiger partial charge on any atom is 0.227 e. The first kappa shape index (κ1) is 20.1. The number of rotatable bonds is 6. The largest absolute Gasteiger partial charge is 0.394 e. The van der Waals surface area contributed by atoms with Crippen molar-refractivity contribution in [2.45, 2.75) is 67.0 Å². The SMILES string of the molecule is CS(=O)c1cnc(N2C3CC(c4ncc(Cl)cn4)CC2C3)nc1NC1(CO)CCC1. The van der Waals surface area contributed by atoms with Crippen LogP contribution in [0.15, 0.2) is 23.5 Å². The van der Waals surface area contributed by atoms with E-state index in [1.165, 1.54) is 0 Å². The number of aromatic nitrogens is 4. The van der Waals surface area contributed by atoms with Gasteiger partial charge < -0.3 is 15.3 Å². The molecular formula is C20H25ClN6O2S. The molecule has 2 aliphatic heterocycles. The second-order valence-electron chi connectivity index (χ2n) is 8.63. The number of fused-ring (bicyclic) bond motifs is 2. The second-order valence-corrected chi connectivity index (χ2v) is 10.4. The monoisotopic (exact) mass is 448 g/mol. The lowest BCUT2D eigenvalue weighted by Crippen LogP contribution is -2.61. The Morgan fingerprint density at radius 1 is 1.20 bits per heavy atom. The third-order valence-electron chi connectivity index (χ3n) is 6.73. The molecule has 2 bridgehead atoms. The molecule has 0 spiro atoms. The number of piperidine rings is 1. The van der Waals surface area contributed by atoms with Crippen LogP contribution in [0.2, 0.25) is 5.02 Å². The first-order valence-corrected chi connectivity index (χ1v) is 12.3. The molecule has 2 aliphatic carbocycles. The van der Waals surface area contributed by atoms with Gasteiger partial charge in [-0.25, -0.2) is 15.0 Å². The number of nitrogens with one attached hydrogen (secondary N) is 1. The number of aliphatic hydroxyl groups is 1. The number of hydrogen-bond acceptors (Lipinski definition) is 8. The Bertz CT molecular complexity index is 953. The number of anilines is 2. The average Bonchev–Trinajstić information content (AvgIpc) is 2.71. The van der Waals surface area contributed by atoms with Crippen LogP contribution < -0.4 is 10.2 Å². The zero-order chi connectivity index (χ0) is 20.9. The molecule has 3 unspecified atom stereocenters. The van der Waals surface area contributed by atoms with Crippen molar-refractivity contribution < 1.29 is 9.32 Å². The van der Waals surface area contributed by atoms with E-state index in [1.54, 1.807) is 24.8 Å². The van der Waals surface area contributed by atoms with E-state index in [0.29, 0.717) is 39.7 Å². The van der Waals surface area contributed by atoms with Crippen molar-refractivity contribution in [1.29, 1.82) is 0 Å². The average molecular weight is 449 g/mol. The van der Waals surface area contributed by atoms with Crippen LogP contribution in [0, 0.1) is 0 Å². The van der Waals surface area contributed by atoms with E-state index in [2.05, 4.69) is 25.2 Å². The third-order valence-corrected chi connectivity index (χ3v) is 7.84. The highest BCUT2D eigenvalue weighted by molar-refractivity contribution is 7.84. The molecule has 6 rings (SSSR count). The lowest BCUT2D eigenvalue weighted by atomic mass is 9.73. The fraction of sp³-hybridized carbons (Fsp3) is 0.600. The summed E-state index contributed by atoms with van der Waals surface area (Å²) >= 11 is 5.92. The van der Waals surface area contributed by atoms with Gasteiger partial charge in [0, 0.05) is 36.7 Å². The normalized spacial score (nSPS) is 27.7. The molecule has 4 aliphatic rings. The van der Waals surface area contributed by atoms with Crippen LogP contribution in [0.3, 0.4) is 0 Å². The summed E-state index contributed by atoms with van der Waals surface area (Å²) in [5, 5.41) is 13.8. The molecule has 3 atom stereocenters. The molecule has 2 N–H and O–H groups in total. The van der Waals surface area contributed by atoms with E-state index in [1.807, 2.05) is 0 Å². The molecule has 2 saturated heterocycles. The first-order chi connectivity index (χ1) is 14.5. The van der Waals surface area contributed by atoms with Crippen LogP contribution in [0.1, 0.15) is 50.3 Å². The van der Waals surface area contributed by atoms with Crippen LogP contribution in [0.4, 0.5) is 11.8 Å². The topological polar surface area (TPSA) is 104 Å². The van der Waals surface area contributed by atoms with Crippen molar-refractivity contribution in [1.82, 2.24) is 19.9 Å². The summed E-state index contributed by atoms with van der Waals surface area (Å²) in [7, 11) is -1.21. The van der Waals surface area contributed by atoms with Gasteiger partial charge in [0.05, 0.1) is 39.1 Å². The molecule has 8 nitrogen and oxygen atoms in total. The summed E-state index contributed by atoms with van der Waals surface area (Å²) in [6, 6.07) is 0.684. The van der Waals surface area contributed by atoms with Crippen molar-refractivity contribution in [3.63, 3.8) is 0 Å². The van der Waals surface area contributed by atoms with E-state index in [0.717, 1.165) is 44.3 Å². The maximum absolute atomic E-state index is 12.2. The van der Waals surface area contributed by atoms with E-state index in [9.17, 15) is 9.32 Å². The minimum atomic E-state index is -1.21. The van der Waals surface area contributed by atoms with Crippen LogP contribution in [-0.2, 0) is 10.8 Å². The van der Waals surface area contributed by atoms with Crippen LogP contribution in [0.25, 0.3) is 0 Å². The Kier molecular flexibility index (Phi) is 5.15. The van der Waals surface area contributed by atoms with Gasteiger partial charge in [0.25, 0.3) is 0 Å². The summed E-state index contributed by atoms with van der Waals surface area (Å²) in [6.07, 6.45) is 12.5. The Morgan fingerprint density at radius 3 is 2.47 bits per heavy atom. The number of halogens is 1. The molecule has 160 valence electrons. The van der Waals surface area contributed by atoms with E-state index < -0.39 is 10.8 Å². The standard InChI is InChI=1S/C20H25ClN6O2S/c1-30(29)16-10-24-19(25-18(16)26-20(11-28)3-2-4-20)27-14-5-12(6-15(27)7-14)17-22-8-13(21)9-23-17/h8-10,12,14-15,28H,2-7,11H2,1H3,(H,24,25,26). The highest BCUT2D eigenvalue weighted by Gasteiger charge is 2.48. The van der Waals surface area contributed by atoms with Crippen molar-refractivity contribution in [3.05, 3.63) is 29.4 Å². The van der Waals surface area contributed by atoms with E-state index in [4.69, 9.17) is 16.6 Å². The zero-order valence-corrected chi connectivity index (χ0v) is 18.4. The van der Waals surface area contributed by atoms with Gasteiger partial charge in [0.1, 0.15) is 11.6 Å². The van der Waals surface area contributed by atoms with Crippen LogP contribution >= 0.6 is 11.6 Å². The minimum Gasteiger partial charge on any atom is -0.394 e. The molecule has 2 saturated carbocycles. The predicted molar refractivity (Wildman–Crippen MR) is 115 cm³/mol. The smallest absolute Gasteiger partial charge is 0.227 e. The third kappa shape index (κ3) is 3.46. The van der Waals surface area contributed by atoms with Gasteiger partial charge in [-0.3, -0.25) is 4.21 Å². The number of nitrogens with zero attached hydrogens (tertiary/aromatic N) is 5. The van der Waals surface area contributed by atoms with Gasteiger partial charge in [0.15, 0.2) is 0 Å². The van der Waals surface area contributed by atoms with E-state index in [-0.39, 0.29) is 12.1 Å². The predicted octanol–water partition coefficient (Wildman–Crippen LogP) is 2.51. The molecule has 10 heteroatoms. The van der Waals surface area contributed by atoms with Crippen molar-refractivity contribution >= 4 is 34.2 Å². The Morgan fingerprint density at radius 2 is 1.90 bits per heavy atom. The second kappa shape index (κ2) is 7.69. The molecule has 4 fully saturated rings. The zero-order valence-electron chi connectivity index (χ0n) is 16.8. The molecule has 0 aromatic carbocycles. The van der Waals surface area contributed by atoms with Crippen molar-refractivity contribution in [2.24, 2.45) is 0 Å². The van der Waals surface area contributed by atoms with Gasteiger partial charge in [-0.05, 0) is 38.5 Å². The van der Waals surface area contributed by atoms with Gasteiger partial charge >= 0.3 is 0 Å². The lowest BCUT2D eigenvalue weighted by molar-refractivity contribution is 0.143. The first-order valence-electron chi connectivity index (χ1n) is 10.3. The summed E-state index contributed by atoms with van der Waals surface area (Å²) in [5.41, 5.74) is -0.360. The number of aliphatic hydroxyl groups excluding tert-OH is 1. The van der Waals surface area contributed by atoms with E-state index >= 15 is 0 Å². The summed E-state index contributed by atoms with van der Waals surface area (Å²) < 4.78 is 12.2. The van der Waals surface area contributed by atoms with Crippen LogP contribution in [0.5, 0.6) is 0 Å². The number of hydrogen-bond donors (Lipinski definition) is 2. The maximum atomic E-state index is 12.2. The Labute approximate surface area is 183 Å². The molecule has 2 aromatic rings. The fourth-order valence-electron chi connectivity index (χ4n) is 4.91. The van der Waals surface area contributed by atoms with Crippen molar-refractivity contribution in [3.8, 4) is 0 Å². The molecule has 2 aromatic heterocycles. The summed E-state index contributed by atoms with van der Waals surface area (Å²) in [5.74, 6) is 2.41. The quantitative estimate of drug-likeness (QED) is 0.694. The molecule has 0 radical (unpaired) electrons. The van der Waals surface area contributed by atoms with Crippen LogP contribution in [-0.4, -0.2) is 59.7 Å². The Balaban J connectivity index is 1.37. The molecular weight excluding hydrogens is 424 g/mol. The molecule has 30 heavy (non-hydrogen) atoms. The Hall–Kier alpha value is -1.84. The van der Waals surface area contributed by atoms with Gasteiger partial charge in [-0.1, -0.05) is 11.6 Å². The fourth-order valence-corrected chi connectivity index (χ4v) is 5.58. The van der Waals surface area contributed by atoms with Gasteiger partial charge in [0.2, 0.25) is 5.95 Å². The summed E-state index contributed by atoms with van der Waals surface area (Å²) in [6.45, 7) is 0.0415.